The molecular weight excluding hydrogens is 399 g/mol. The Kier molecular flexibility index (Phi) is 7.87. The van der Waals surface area contributed by atoms with E-state index in [0.29, 0.717) is 28.6 Å². The number of nitrogens with two attached hydrogens (primary N) is 1. The SMILES string of the molecule is CCOC(=O)c1cc(-c2ccc(C(=O)N3CCC(CN)C3)cc2)ccc1Cl.Cl. The zero-order valence-corrected chi connectivity index (χ0v) is 17.3. The van der Waals surface area contributed by atoms with Crippen LogP contribution in [0.2, 0.25) is 5.02 Å². The number of rotatable bonds is 5. The number of carbonyl (C=O) groups is 2. The molecular formula is C21H24Cl2N2O3. The number of hydrogen-bond donors (Lipinski definition) is 1. The van der Waals surface area contributed by atoms with E-state index < -0.39 is 5.97 Å². The maximum Gasteiger partial charge on any atom is 0.339 e. The normalized spacial score (nSPS) is 15.8. The number of carbonyl (C=O) groups excluding carboxylic acids is 2. The van der Waals surface area contributed by atoms with Gasteiger partial charge in [0.05, 0.1) is 17.2 Å². The van der Waals surface area contributed by atoms with Crippen LogP contribution in [0.4, 0.5) is 0 Å². The van der Waals surface area contributed by atoms with Crippen LogP contribution < -0.4 is 5.73 Å². The maximum absolute atomic E-state index is 12.6. The molecule has 150 valence electrons. The van der Waals surface area contributed by atoms with Crippen molar-refractivity contribution in [2.24, 2.45) is 11.7 Å². The molecule has 5 nitrogen and oxygen atoms in total. The number of esters is 1. The lowest BCUT2D eigenvalue weighted by molar-refractivity contribution is 0.0526. The molecule has 1 atom stereocenters. The number of ether oxygens (including phenoxy) is 1. The quantitative estimate of drug-likeness (QED) is 0.738. The van der Waals surface area contributed by atoms with Crippen molar-refractivity contribution in [2.75, 3.05) is 26.2 Å². The van der Waals surface area contributed by atoms with E-state index in [4.69, 9.17) is 22.1 Å². The van der Waals surface area contributed by atoms with Gasteiger partial charge in [0.25, 0.3) is 5.91 Å². The summed E-state index contributed by atoms with van der Waals surface area (Å²) < 4.78 is 5.04. The van der Waals surface area contributed by atoms with E-state index in [9.17, 15) is 9.59 Å². The lowest BCUT2D eigenvalue weighted by Crippen LogP contribution is -2.29. The molecule has 28 heavy (non-hydrogen) atoms. The molecule has 2 aromatic carbocycles. The van der Waals surface area contributed by atoms with E-state index in [2.05, 4.69) is 0 Å². The van der Waals surface area contributed by atoms with Crippen molar-refractivity contribution >= 4 is 35.9 Å². The van der Waals surface area contributed by atoms with E-state index in [1.165, 1.54) is 0 Å². The molecule has 0 aromatic heterocycles. The van der Waals surface area contributed by atoms with Gasteiger partial charge >= 0.3 is 5.97 Å². The highest BCUT2D eigenvalue weighted by molar-refractivity contribution is 6.33. The van der Waals surface area contributed by atoms with Gasteiger partial charge in [-0.15, -0.1) is 12.4 Å². The Morgan fingerprint density at radius 2 is 1.86 bits per heavy atom. The summed E-state index contributed by atoms with van der Waals surface area (Å²) in [5, 5.41) is 0.354. The van der Waals surface area contributed by atoms with Gasteiger partial charge in [-0.2, -0.15) is 0 Å². The molecule has 1 unspecified atom stereocenters. The monoisotopic (exact) mass is 422 g/mol. The highest BCUT2D eigenvalue weighted by Gasteiger charge is 2.25. The average Bonchev–Trinajstić information content (AvgIpc) is 3.17. The Labute approximate surface area is 176 Å². The van der Waals surface area contributed by atoms with Gasteiger partial charge in [-0.3, -0.25) is 4.79 Å². The highest BCUT2D eigenvalue weighted by Crippen LogP contribution is 2.27. The summed E-state index contributed by atoms with van der Waals surface area (Å²) in [5.74, 6) is -0.0240. The van der Waals surface area contributed by atoms with Crippen molar-refractivity contribution < 1.29 is 14.3 Å². The minimum absolute atomic E-state index is 0. The van der Waals surface area contributed by atoms with Crippen molar-refractivity contribution in [3.05, 3.63) is 58.6 Å². The van der Waals surface area contributed by atoms with Gasteiger partial charge in [-0.05, 0) is 61.2 Å². The van der Waals surface area contributed by atoms with Gasteiger partial charge in [0.15, 0.2) is 0 Å². The molecule has 0 saturated carbocycles. The Balaban J connectivity index is 0.00000280. The summed E-state index contributed by atoms with van der Waals surface area (Å²) in [6.45, 7) is 4.13. The first kappa shape index (κ1) is 22.2. The topological polar surface area (TPSA) is 72.6 Å². The summed E-state index contributed by atoms with van der Waals surface area (Å²) in [7, 11) is 0. The van der Waals surface area contributed by atoms with Crippen LogP contribution in [0, 0.1) is 5.92 Å². The number of benzene rings is 2. The highest BCUT2D eigenvalue weighted by atomic mass is 35.5. The van der Waals surface area contributed by atoms with Crippen LogP contribution in [-0.4, -0.2) is 43.0 Å². The summed E-state index contributed by atoms with van der Waals surface area (Å²) in [5.41, 5.74) is 8.42. The zero-order chi connectivity index (χ0) is 19.4. The Morgan fingerprint density at radius 1 is 1.18 bits per heavy atom. The Hall–Kier alpha value is -2.08. The standard InChI is InChI=1S/C21H23ClN2O3.ClH/c1-2-27-21(26)18-11-17(7-8-19(18)22)15-3-5-16(6-4-15)20(25)24-10-9-14(12-23)13-24;/h3-8,11,14H,2,9-10,12-13,23H2,1H3;1H. The van der Waals surface area contributed by atoms with Gasteiger partial charge in [-0.25, -0.2) is 4.79 Å². The molecule has 0 radical (unpaired) electrons. The maximum atomic E-state index is 12.6. The fraction of sp³-hybridized carbons (Fsp3) is 0.333. The predicted molar refractivity (Wildman–Crippen MR) is 113 cm³/mol. The summed E-state index contributed by atoms with van der Waals surface area (Å²) >= 11 is 6.12. The smallest absolute Gasteiger partial charge is 0.339 e. The number of halogens is 2. The van der Waals surface area contributed by atoms with E-state index in [-0.39, 0.29) is 24.9 Å². The lowest BCUT2D eigenvalue weighted by Gasteiger charge is -2.16. The molecule has 7 heteroatoms. The van der Waals surface area contributed by atoms with Crippen LogP contribution in [0.3, 0.4) is 0 Å². The van der Waals surface area contributed by atoms with E-state index in [0.717, 1.165) is 30.6 Å². The van der Waals surface area contributed by atoms with Gasteiger partial charge in [0.1, 0.15) is 0 Å². The third-order valence-corrected chi connectivity index (χ3v) is 5.16. The lowest BCUT2D eigenvalue weighted by atomic mass is 10.0. The first-order valence-corrected chi connectivity index (χ1v) is 9.47. The van der Waals surface area contributed by atoms with Crippen LogP contribution in [0.15, 0.2) is 42.5 Å². The summed E-state index contributed by atoms with van der Waals surface area (Å²) in [6, 6.07) is 12.6. The average molecular weight is 423 g/mol. The fourth-order valence-corrected chi connectivity index (χ4v) is 3.46. The van der Waals surface area contributed by atoms with Crippen LogP contribution in [0.5, 0.6) is 0 Å². The van der Waals surface area contributed by atoms with E-state index >= 15 is 0 Å². The first-order valence-electron chi connectivity index (χ1n) is 9.10. The minimum atomic E-state index is -0.445. The molecule has 1 fully saturated rings. The molecule has 0 spiro atoms. The van der Waals surface area contributed by atoms with Gasteiger partial charge in [0.2, 0.25) is 0 Å². The number of likely N-dealkylation sites (tertiary alicyclic amines) is 1. The molecule has 1 heterocycles. The summed E-state index contributed by atoms with van der Waals surface area (Å²) in [6.07, 6.45) is 0.960. The first-order chi connectivity index (χ1) is 13.0. The van der Waals surface area contributed by atoms with E-state index in [1.807, 2.05) is 35.2 Å². The van der Waals surface area contributed by atoms with Crippen LogP contribution >= 0.6 is 24.0 Å². The molecule has 1 amide bonds. The molecule has 2 N–H and O–H groups in total. The third kappa shape index (κ3) is 4.85. The molecule has 1 aliphatic rings. The van der Waals surface area contributed by atoms with Gasteiger partial charge in [-0.1, -0.05) is 29.8 Å². The van der Waals surface area contributed by atoms with Gasteiger partial charge in [0, 0.05) is 18.7 Å². The second kappa shape index (κ2) is 9.92. The zero-order valence-electron chi connectivity index (χ0n) is 15.7. The predicted octanol–water partition coefficient (Wildman–Crippen LogP) is 4.03. The molecule has 0 aliphatic carbocycles. The van der Waals surface area contributed by atoms with Crippen molar-refractivity contribution in [2.45, 2.75) is 13.3 Å². The van der Waals surface area contributed by atoms with Crippen molar-refractivity contribution in [3.8, 4) is 11.1 Å². The van der Waals surface area contributed by atoms with Crippen molar-refractivity contribution in [3.63, 3.8) is 0 Å². The van der Waals surface area contributed by atoms with Gasteiger partial charge < -0.3 is 15.4 Å². The largest absolute Gasteiger partial charge is 0.462 e. The summed E-state index contributed by atoms with van der Waals surface area (Å²) in [4.78, 5) is 26.5. The number of amides is 1. The molecule has 1 aliphatic heterocycles. The number of hydrogen-bond acceptors (Lipinski definition) is 4. The molecule has 1 saturated heterocycles. The Morgan fingerprint density at radius 3 is 2.46 bits per heavy atom. The fourth-order valence-electron chi connectivity index (χ4n) is 3.27. The van der Waals surface area contributed by atoms with Crippen LogP contribution in [0.25, 0.3) is 11.1 Å². The Bertz CT molecular complexity index is 840. The minimum Gasteiger partial charge on any atom is -0.462 e. The van der Waals surface area contributed by atoms with E-state index in [1.54, 1.807) is 19.1 Å². The van der Waals surface area contributed by atoms with Crippen molar-refractivity contribution in [1.82, 2.24) is 4.90 Å². The second-order valence-corrected chi connectivity index (χ2v) is 7.04. The molecule has 3 rings (SSSR count). The van der Waals surface area contributed by atoms with Crippen LogP contribution in [0.1, 0.15) is 34.1 Å². The molecule has 0 bridgehead atoms. The number of nitrogens with zero attached hydrogens (tertiary/aromatic N) is 1. The van der Waals surface area contributed by atoms with Crippen LogP contribution in [-0.2, 0) is 4.74 Å². The second-order valence-electron chi connectivity index (χ2n) is 6.63. The third-order valence-electron chi connectivity index (χ3n) is 4.83. The molecule has 2 aromatic rings. The van der Waals surface area contributed by atoms with Crippen molar-refractivity contribution in [1.29, 1.82) is 0 Å².